The predicted octanol–water partition coefficient (Wildman–Crippen LogP) is -1.04. The van der Waals surface area contributed by atoms with Gasteiger partial charge in [-0.15, -0.1) is 4.91 Å². The molecule has 0 aromatic rings. The summed E-state index contributed by atoms with van der Waals surface area (Å²) in [6.45, 7) is 0. The van der Waals surface area contributed by atoms with Crippen molar-refractivity contribution in [2.45, 2.75) is 0 Å². The Morgan fingerprint density at radius 2 is 2.00 bits per heavy atom. The molecule has 0 rings (SSSR count). The fourth-order valence-corrected chi connectivity index (χ4v) is 0. The summed E-state index contributed by atoms with van der Waals surface area (Å²) < 4.78 is 3.75. The fourth-order valence-electron chi connectivity index (χ4n) is 0. The van der Waals surface area contributed by atoms with E-state index in [1.807, 2.05) is 5.34 Å². The van der Waals surface area contributed by atoms with E-state index in [2.05, 4.69) is 4.53 Å². The van der Waals surface area contributed by atoms with E-state index in [4.69, 9.17) is 4.91 Å². The van der Waals surface area contributed by atoms with Crippen LogP contribution in [0.3, 0.4) is 0 Å². The maximum absolute atomic E-state index is 8.74. The smallest absolute Gasteiger partial charge is 0.247 e. The molecule has 0 radical (unpaired) electrons. The monoisotopic (exact) mass is 261 g/mol. The van der Waals surface area contributed by atoms with E-state index in [1.165, 1.54) is 0 Å². The molecule has 0 aliphatic heterocycles. The van der Waals surface area contributed by atoms with Crippen molar-refractivity contribution < 1.29 is 25.6 Å². The van der Waals surface area contributed by atoms with E-state index in [-0.39, 0.29) is 21.1 Å². The standard InChI is InChI=1S/H3NO2Si.W/c2-1-3-4;/h4H3;. The third-order valence-corrected chi connectivity index (χ3v) is 0.224. The molecule has 0 heterocycles. The van der Waals surface area contributed by atoms with Crippen LogP contribution in [0.5, 0.6) is 0 Å². The Kier molecular flexibility index (Phi) is 15.9. The van der Waals surface area contributed by atoms with Crippen molar-refractivity contribution in [3.8, 4) is 0 Å². The molecular weight excluding hydrogens is 258 g/mol. The van der Waals surface area contributed by atoms with Gasteiger partial charge in [0, 0.05) is 21.1 Å². The van der Waals surface area contributed by atoms with Gasteiger partial charge in [0.25, 0.3) is 0 Å². The van der Waals surface area contributed by atoms with Crippen LogP contribution in [-0.2, 0) is 25.6 Å². The van der Waals surface area contributed by atoms with Crippen LogP contribution in [0.15, 0.2) is 5.34 Å². The average Bonchev–Trinajstić information content (AvgIpc) is 1.37. The van der Waals surface area contributed by atoms with Crippen molar-refractivity contribution in [1.82, 2.24) is 0 Å². The second-order valence-electron chi connectivity index (χ2n) is 0.257. The zero-order valence-corrected chi connectivity index (χ0v) is 7.61. The Morgan fingerprint density at radius 1 is 1.80 bits per heavy atom. The largest absolute Gasteiger partial charge is 0.436 e. The Bertz CT molecular complexity index is 23.6. The van der Waals surface area contributed by atoms with Gasteiger partial charge in [0.1, 0.15) is 5.34 Å². The molecule has 0 aliphatic carbocycles. The minimum atomic E-state index is 0. The van der Waals surface area contributed by atoms with Crippen LogP contribution in [0.1, 0.15) is 0 Å². The molecule has 0 saturated heterocycles. The topological polar surface area (TPSA) is 38.7 Å². The molecule has 0 aliphatic rings. The van der Waals surface area contributed by atoms with Crippen molar-refractivity contribution in [1.29, 1.82) is 0 Å². The van der Waals surface area contributed by atoms with Crippen LogP contribution in [-0.4, -0.2) is 10.5 Å². The molecule has 3 nitrogen and oxygen atoms in total. The first kappa shape index (κ1) is 9.00. The Labute approximate surface area is 46.8 Å². The molecule has 5 heteroatoms. The van der Waals surface area contributed by atoms with Crippen LogP contribution >= 0.6 is 0 Å². The van der Waals surface area contributed by atoms with Gasteiger partial charge < -0.3 is 4.53 Å². The Hall–Kier alpha value is 0.305. The molecule has 0 fully saturated rings. The molecule has 30 valence electrons. The third kappa shape index (κ3) is 13.4. The summed E-state index contributed by atoms with van der Waals surface area (Å²) in [6, 6.07) is 0. The minimum Gasteiger partial charge on any atom is -0.436 e. The van der Waals surface area contributed by atoms with E-state index >= 15 is 0 Å². The van der Waals surface area contributed by atoms with Gasteiger partial charge in [-0.05, 0) is 0 Å². The van der Waals surface area contributed by atoms with Crippen LogP contribution < -0.4 is 0 Å². The Balaban J connectivity index is 0. The molecule has 0 aromatic heterocycles. The third-order valence-electron chi connectivity index (χ3n) is 0.0745. The van der Waals surface area contributed by atoms with Crippen LogP contribution in [0.25, 0.3) is 0 Å². The van der Waals surface area contributed by atoms with Crippen LogP contribution in [0, 0.1) is 4.91 Å². The van der Waals surface area contributed by atoms with Crippen molar-refractivity contribution in [2.24, 2.45) is 5.34 Å². The van der Waals surface area contributed by atoms with E-state index < -0.39 is 0 Å². The zero-order chi connectivity index (χ0) is 3.41. The fraction of sp³-hybridized carbons (Fsp3) is 0. The summed E-state index contributed by atoms with van der Waals surface area (Å²) in [5.74, 6) is 0. The first-order valence-electron chi connectivity index (χ1n) is 0.773. The molecule has 5 heavy (non-hydrogen) atoms. The molecule has 0 unspecified atom stereocenters. The van der Waals surface area contributed by atoms with E-state index in [9.17, 15) is 0 Å². The summed E-state index contributed by atoms with van der Waals surface area (Å²) in [5, 5.41) is 2.05. The summed E-state index contributed by atoms with van der Waals surface area (Å²) in [4.78, 5) is 8.74. The molecule has 0 atom stereocenters. The molecule has 0 amide bonds. The predicted molar refractivity (Wildman–Crippen MR) is 16.8 cm³/mol. The van der Waals surface area contributed by atoms with E-state index in [0.717, 1.165) is 0 Å². The summed E-state index contributed by atoms with van der Waals surface area (Å²) in [5.41, 5.74) is 0. The second-order valence-corrected chi connectivity index (χ2v) is 0.622. The summed E-state index contributed by atoms with van der Waals surface area (Å²) in [6.07, 6.45) is 0. The first-order chi connectivity index (χ1) is 1.91. The second kappa shape index (κ2) is 8.85. The van der Waals surface area contributed by atoms with Crippen LogP contribution in [0.4, 0.5) is 0 Å². The van der Waals surface area contributed by atoms with Crippen molar-refractivity contribution in [3.63, 3.8) is 0 Å². The summed E-state index contributed by atoms with van der Waals surface area (Å²) in [7, 11) is 0.410. The quantitative estimate of drug-likeness (QED) is 0.343. The number of hydrogen-bond donors (Lipinski definition) is 0. The molecular formula is H3NO2SiW. The number of hydrogen-bond acceptors (Lipinski definition) is 3. The van der Waals surface area contributed by atoms with Gasteiger partial charge in [-0.2, -0.15) is 0 Å². The normalized spacial score (nSPS) is 4.80. The van der Waals surface area contributed by atoms with Gasteiger partial charge in [0.2, 0.25) is 10.5 Å². The van der Waals surface area contributed by atoms with Crippen LogP contribution in [0.2, 0.25) is 0 Å². The maximum atomic E-state index is 8.74. The van der Waals surface area contributed by atoms with Gasteiger partial charge in [0.15, 0.2) is 0 Å². The van der Waals surface area contributed by atoms with Crippen molar-refractivity contribution in [2.75, 3.05) is 0 Å². The molecule has 0 saturated carbocycles. The number of nitrogens with zero attached hydrogens (tertiary/aromatic N) is 1. The molecule has 0 aromatic carbocycles. The SMILES string of the molecule is O=NO[SiH3].[W]. The van der Waals surface area contributed by atoms with E-state index in [1.54, 1.807) is 0 Å². The summed E-state index contributed by atoms with van der Waals surface area (Å²) >= 11 is 0. The van der Waals surface area contributed by atoms with Crippen molar-refractivity contribution in [3.05, 3.63) is 4.91 Å². The first-order valence-corrected chi connectivity index (χ1v) is 1.59. The molecule has 0 N–H and O–H groups in total. The van der Waals surface area contributed by atoms with Gasteiger partial charge in [-0.25, -0.2) is 0 Å². The van der Waals surface area contributed by atoms with Gasteiger partial charge in [-0.3, -0.25) is 0 Å². The zero-order valence-electron chi connectivity index (χ0n) is 2.67. The minimum absolute atomic E-state index is 0. The average molecular weight is 261 g/mol. The van der Waals surface area contributed by atoms with Gasteiger partial charge >= 0.3 is 0 Å². The van der Waals surface area contributed by atoms with E-state index in [0.29, 0.717) is 10.5 Å². The van der Waals surface area contributed by atoms with Gasteiger partial charge in [-0.1, -0.05) is 0 Å². The molecule has 0 spiro atoms. The Morgan fingerprint density at radius 3 is 2.00 bits per heavy atom. The maximum Gasteiger partial charge on any atom is 0.247 e. The number of rotatable bonds is 1. The van der Waals surface area contributed by atoms with Gasteiger partial charge in [0.05, 0.1) is 0 Å². The molecule has 0 bridgehead atoms. The van der Waals surface area contributed by atoms with Crippen molar-refractivity contribution >= 4 is 10.5 Å².